The van der Waals surface area contributed by atoms with Gasteiger partial charge in [-0.05, 0) is 32.0 Å². The number of carbonyl (C=O) groups is 1. The van der Waals surface area contributed by atoms with E-state index in [0.29, 0.717) is 25.3 Å². The third-order valence-electron chi connectivity index (χ3n) is 4.57. The van der Waals surface area contributed by atoms with E-state index >= 15 is 0 Å². The monoisotopic (exact) mass is 418 g/mol. The van der Waals surface area contributed by atoms with E-state index in [-0.39, 0.29) is 28.0 Å². The predicted molar refractivity (Wildman–Crippen MR) is 106 cm³/mol. The molecule has 0 spiro atoms. The van der Waals surface area contributed by atoms with E-state index in [1.54, 1.807) is 19.9 Å². The van der Waals surface area contributed by atoms with Crippen LogP contribution in [0.15, 0.2) is 23.1 Å². The molecule has 1 aliphatic rings. The lowest BCUT2D eigenvalue weighted by atomic mass is 10.2. The number of rotatable bonds is 7. The Morgan fingerprint density at radius 1 is 1.26 bits per heavy atom. The molecule has 1 aliphatic heterocycles. The maximum absolute atomic E-state index is 12.8. The average Bonchev–Trinajstić information content (AvgIpc) is 2.56. The number of halogens is 1. The summed E-state index contributed by atoms with van der Waals surface area (Å²) in [6.07, 6.45) is 0.218. The number of anilines is 1. The summed E-state index contributed by atoms with van der Waals surface area (Å²) in [5.41, 5.74) is 0.420. The highest BCUT2D eigenvalue weighted by atomic mass is 35.5. The first-order valence-corrected chi connectivity index (χ1v) is 11.1. The zero-order valence-corrected chi connectivity index (χ0v) is 17.9. The van der Waals surface area contributed by atoms with E-state index in [4.69, 9.17) is 16.3 Å². The Bertz CT molecular complexity index is 758. The van der Waals surface area contributed by atoms with Gasteiger partial charge in [0.2, 0.25) is 10.0 Å². The van der Waals surface area contributed by atoms with Gasteiger partial charge < -0.3 is 15.0 Å². The highest BCUT2D eigenvalue weighted by molar-refractivity contribution is 7.89. The number of sulfonamides is 1. The minimum Gasteiger partial charge on any atom is -0.364 e. The van der Waals surface area contributed by atoms with Crippen LogP contribution in [0.4, 0.5) is 5.69 Å². The number of hydrogen-bond acceptors (Lipinski definition) is 4. The quantitative estimate of drug-likeness (QED) is 0.692. The van der Waals surface area contributed by atoms with Gasteiger partial charge in [0.05, 0.1) is 5.02 Å². The van der Waals surface area contributed by atoms with Gasteiger partial charge in [-0.3, -0.25) is 4.79 Å². The van der Waals surface area contributed by atoms with Gasteiger partial charge in [-0.2, -0.15) is 4.31 Å². The van der Waals surface area contributed by atoms with Crippen molar-refractivity contribution in [1.82, 2.24) is 4.31 Å². The van der Waals surface area contributed by atoms with Gasteiger partial charge in [0.25, 0.3) is 5.91 Å². The van der Waals surface area contributed by atoms with Crippen LogP contribution in [0.1, 0.15) is 27.7 Å². The summed E-state index contributed by atoms with van der Waals surface area (Å²) < 4.78 is 32.5. The average molecular weight is 419 g/mol. The molecule has 27 heavy (non-hydrogen) atoms. The molecule has 2 N–H and O–H groups in total. The molecule has 152 valence electrons. The Hall–Kier alpha value is -1.19. The zero-order valence-electron chi connectivity index (χ0n) is 16.3. The number of carbonyl (C=O) groups excluding carboxylic acids is 1. The molecule has 0 aromatic heterocycles. The van der Waals surface area contributed by atoms with Gasteiger partial charge in [0, 0.05) is 18.8 Å². The molecule has 9 heteroatoms. The van der Waals surface area contributed by atoms with Crippen LogP contribution in [-0.4, -0.2) is 63.6 Å². The van der Waals surface area contributed by atoms with Crippen LogP contribution in [0.3, 0.4) is 0 Å². The summed E-state index contributed by atoms with van der Waals surface area (Å²) in [6, 6.07) is 4.54. The molecule has 1 aromatic rings. The van der Waals surface area contributed by atoms with Gasteiger partial charge in [0.15, 0.2) is 6.54 Å². The molecule has 1 unspecified atom stereocenters. The highest BCUT2D eigenvalue weighted by Gasteiger charge is 2.28. The van der Waals surface area contributed by atoms with Crippen molar-refractivity contribution in [3.05, 3.63) is 23.2 Å². The lowest BCUT2D eigenvalue weighted by Gasteiger charge is -2.31. The fraction of sp³-hybridized carbons (Fsp3) is 0.611. The normalized spacial score (nSPS) is 23.4. The predicted octanol–water partition coefficient (Wildman–Crippen LogP) is 1.00. The molecule has 1 aromatic carbocycles. The van der Waals surface area contributed by atoms with E-state index in [0.717, 1.165) is 18.0 Å². The van der Waals surface area contributed by atoms with Crippen molar-refractivity contribution in [3.8, 4) is 0 Å². The van der Waals surface area contributed by atoms with Gasteiger partial charge in [0.1, 0.15) is 30.2 Å². The maximum Gasteiger partial charge on any atom is 0.279 e. The molecule has 1 amide bonds. The van der Waals surface area contributed by atoms with Crippen LogP contribution in [0, 0.1) is 0 Å². The number of ether oxygens (including phenoxy) is 1. The molecule has 1 heterocycles. The van der Waals surface area contributed by atoms with E-state index < -0.39 is 10.0 Å². The number of benzene rings is 1. The van der Waals surface area contributed by atoms with E-state index in [1.165, 1.54) is 16.4 Å². The number of morpholine rings is 1. The molecule has 0 saturated carbocycles. The Morgan fingerprint density at radius 3 is 2.41 bits per heavy atom. The van der Waals surface area contributed by atoms with Crippen molar-refractivity contribution in [2.45, 2.75) is 44.8 Å². The van der Waals surface area contributed by atoms with Crippen LogP contribution in [0.5, 0.6) is 0 Å². The van der Waals surface area contributed by atoms with Crippen molar-refractivity contribution in [2.75, 3.05) is 38.0 Å². The molecule has 1 saturated heterocycles. The molecule has 3 atom stereocenters. The first kappa shape index (κ1) is 22.1. The molecular weight excluding hydrogens is 390 g/mol. The van der Waals surface area contributed by atoms with Crippen LogP contribution in [0.2, 0.25) is 5.02 Å². The summed E-state index contributed by atoms with van der Waals surface area (Å²) in [5, 5.41) is 2.93. The van der Waals surface area contributed by atoms with Crippen LogP contribution in [0.25, 0.3) is 0 Å². The van der Waals surface area contributed by atoms with Crippen LogP contribution < -0.4 is 10.2 Å². The SMILES string of the molecule is CCN(CC)S(=O)(=O)c1cc(NC(=O)C[NH+]2C[C@@H](C)O[C@@H](C)C2)ccc1Cl. The number of amides is 1. The number of nitrogens with zero attached hydrogens (tertiary/aromatic N) is 1. The van der Waals surface area contributed by atoms with Crippen molar-refractivity contribution in [3.63, 3.8) is 0 Å². The number of quaternary nitrogens is 1. The van der Waals surface area contributed by atoms with Crippen LogP contribution in [-0.2, 0) is 19.6 Å². The lowest BCUT2D eigenvalue weighted by molar-refractivity contribution is -0.907. The zero-order chi connectivity index (χ0) is 20.2. The summed E-state index contributed by atoms with van der Waals surface area (Å²) in [4.78, 5) is 13.6. The summed E-state index contributed by atoms with van der Waals surface area (Å²) in [6.45, 7) is 10.1. The van der Waals surface area contributed by atoms with Gasteiger partial charge in [-0.25, -0.2) is 8.42 Å². The fourth-order valence-corrected chi connectivity index (χ4v) is 5.41. The molecule has 0 aliphatic carbocycles. The van der Waals surface area contributed by atoms with Crippen molar-refractivity contribution < 1.29 is 22.8 Å². The Balaban J connectivity index is 2.12. The second kappa shape index (κ2) is 9.34. The van der Waals surface area contributed by atoms with Crippen molar-refractivity contribution >= 4 is 33.2 Å². The first-order valence-electron chi connectivity index (χ1n) is 9.25. The number of nitrogens with one attached hydrogen (secondary N) is 2. The summed E-state index contributed by atoms with van der Waals surface area (Å²) in [7, 11) is -3.70. The third-order valence-corrected chi connectivity index (χ3v) is 7.10. The Morgan fingerprint density at radius 2 is 1.85 bits per heavy atom. The summed E-state index contributed by atoms with van der Waals surface area (Å²) in [5.74, 6) is -0.167. The highest BCUT2D eigenvalue weighted by Crippen LogP contribution is 2.27. The summed E-state index contributed by atoms with van der Waals surface area (Å²) >= 11 is 6.13. The molecule has 7 nitrogen and oxygen atoms in total. The third kappa shape index (κ3) is 5.65. The van der Waals surface area contributed by atoms with Gasteiger partial charge in [-0.15, -0.1) is 0 Å². The van der Waals surface area contributed by atoms with Gasteiger partial charge in [-0.1, -0.05) is 25.4 Å². The first-order chi connectivity index (χ1) is 12.7. The Labute approximate surface area is 166 Å². The van der Waals surface area contributed by atoms with Crippen LogP contribution >= 0.6 is 11.6 Å². The van der Waals surface area contributed by atoms with E-state index in [2.05, 4.69) is 5.32 Å². The second-order valence-corrected chi connectivity index (χ2v) is 9.19. The van der Waals surface area contributed by atoms with Crippen molar-refractivity contribution in [1.29, 1.82) is 0 Å². The van der Waals surface area contributed by atoms with E-state index in [9.17, 15) is 13.2 Å². The lowest BCUT2D eigenvalue weighted by Crippen LogP contribution is -3.16. The maximum atomic E-state index is 12.8. The molecule has 2 rings (SSSR count). The minimum atomic E-state index is -3.70. The molecule has 1 fully saturated rings. The largest absolute Gasteiger partial charge is 0.364 e. The molecular formula is C18H29ClN3O4S+. The topological polar surface area (TPSA) is 80.2 Å². The standard InChI is InChI=1S/C18H28ClN3O4S/c1-5-22(6-2)27(24,25)17-9-15(7-8-16(17)19)20-18(23)12-21-10-13(3)26-14(4)11-21/h7-9,13-14H,5-6,10-12H2,1-4H3,(H,20,23)/p+1/t13-,14+. The van der Waals surface area contributed by atoms with E-state index in [1.807, 2.05) is 13.8 Å². The smallest absolute Gasteiger partial charge is 0.279 e. The molecule has 0 bridgehead atoms. The fourth-order valence-electron chi connectivity index (χ4n) is 3.45. The van der Waals surface area contributed by atoms with Gasteiger partial charge >= 0.3 is 0 Å². The minimum absolute atomic E-state index is 0.00614. The molecule has 0 radical (unpaired) electrons. The van der Waals surface area contributed by atoms with Crippen molar-refractivity contribution in [2.24, 2.45) is 0 Å². The Kier molecular flexibility index (Phi) is 7.64. The second-order valence-electron chi connectivity index (χ2n) is 6.88. The number of hydrogen-bond donors (Lipinski definition) is 2.